The van der Waals surface area contributed by atoms with Crippen LogP contribution in [0.4, 0.5) is 0 Å². The van der Waals surface area contributed by atoms with Crippen LogP contribution in [0.3, 0.4) is 0 Å². The maximum Gasteiger partial charge on any atom is 0.216 e. The zero-order chi connectivity index (χ0) is 14.6. The molecule has 1 aliphatic heterocycles. The first kappa shape index (κ1) is 15.7. The molecule has 2 rings (SSSR count). The Balaban J connectivity index is 2.04. The summed E-state index contributed by atoms with van der Waals surface area (Å²) in [5.41, 5.74) is -0.886. The molecule has 0 amide bonds. The third-order valence-electron chi connectivity index (χ3n) is 4.69. The van der Waals surface area contributed by atoms with E-state index >= 15 is 0 Å². The van der Waals surface area contributed by atoms with Crippen LogP contribution in [0.5, 0.6) is 0 Å². The highest BCUT2D eigenvalue weighted by molar-refractivity contribution is 7.90. The standard InChI is InChI=1S/C14H24N2O3S/c1-2-12-3-7-14(11-15,8-4-12)16-20(17,18)13-5-9-19-10-6-13/h12-13,16H,2-10H2,1H3. The second kappa shape index (κ2) is 6.42. The molecule has 5 nitrogen and oxygen atoms in total. The van der Waals surface area contributed by atoms with Crippen LogP contribution in [0.1, 0.15) is 51.9 Å². The van der Waals surface area contributed by atoms with Crippen molar-refractivity contribution in [3.05, 3.63) is 0 Å². The van der Waals surface area contributed by atoms with Gasteiger partial charge in [0.05, 0.1) is 11.3 Å². The summed E-state index contributed by atoms with van der Waals surface area (Å²) in [6.45, 7) is 3.13. The van der Waals surface area contributed by atoms with E-state index in [9.17, 15) is 13.7 Å². The molecule has 1 N–H and O–H groups in total. The molecule has 2 aliphatic rings. The Labute approximate surface area is 121 Å². The Bertz CT molecular complexity index is 455. The van der Waals surface area contributed by atoms with E-state index in [-0.39, 0.29) is 0 Å². The molecule has 1 saturated carbocycles. The number of nitriles is 1. The van der Waals surface area contributed by atoms with Crippen molar-refractivity contribution in [2.24, 2.45) is 5.92 Å². The number of hydrogen-bond donors (Lipinski definition) is 1. The molecule has 114 valence electrons. The van der Waals surface area contributed by atoms with Crippen molar-refractivity contribution in [3.8, 4) is 6.07 Å². The maximum atomic E-state index is 12.5. The van der Waals surface area contributed by atoms with Gasteiger partial charge in [-0.1, -0.05) is 13.3 Å². The molecule has 20 heavy (non-hydrogen) atoms. The summed E-state index contributed by atoms with van der Waals surface area (Å²) >= 11 is 0. The van der Waals surface area contributed by atoms with Gasteiger partial charge >= 0.3 is 0 Å². The normalized spacial score (nSPS) is 32.7. The molecule has 0 spiro atoms. The smallest absolute Gasteiger partial charge is 0.216 e. The van der Waals surface area contributed by atoms with Crippen LogP contribution in [0, 0.1) is 17.2 Å². The van der Waals surface area contributed by atoms with Crippen molar-refractivity contribution in [2.45, 2.75) is 62.7 Å². The van der Waals surface area contributed by atoms with E-state index in [1.54, 1.807) is 0 Å². The van der Waals surface area contributed by atoms with Crippen molar-refractivity contribution in [2.75, 3.05) is 13.2 Å². The summed E-state index contributed by atoms with van der Waals surface area (Å²) in [7, 11) is -3.43. The molecule has 0 aromatic carbocycles. The van der Waals surface area contributed by atoms with E-state index in [1.807, 2.05) is 0 Å². The maximum absolute atomic E-state index is 12.5. The van der Waals surface area contributed by atoms with Gasteiger partial charge < -0.3 is 4.74 Å². The van der Waals surface area contributed by atoms with E-state index in [0.29, 0.717) is 44.8 Å². The minimum atomic E-state index is -3.43. The van der Waals surface area contributed by atoms with Crippen LogP contribution in [-0.4, -0.2) is 32.4 Å². The number of ether oxygens (including phenoxy) is 1. The fourth-order valence-electron chi connectivity index (χ4n) is 3.16. The summed E-state index contributed by atoms with van der Waals surface area (Å²) in [5.74, 6) is 0.629. The van der Waals surface area contributed by atoms with Gasteiger partial charge in [-0.15, -0.1) is 0 Å². The lowest BCUT2D eigenvalue weighted by atomic mass is 9.77. The van der Waals surface area contributed by atoms with Crippen molar-refractivity contribution in [3.63, 3.8) is 0 Å². The van der Waals surface area contributed by atoms with Crippen LogP contribution in [0.15, 0.2) is 0 Å². The van der Waals surface area contributed by atoms with Crippen LogP contribution >= 0.6 is 0 Å². The largest absolute Gasteiger partial charge is 0.381 e. The second-order valence-corrected chi connectivity index (χ2v) is 7.97. The third-order valence-corrected chi connectivity index (χ3v) is 6.72. The van der Waals surface area contributed by atoms with E-state index < -0.39 is 20.8 Å². The van der Waals surface area contributed by atoms with Crippen molar-refractivity contribution >= 4 is 10.0 Å². The lowest BCUT2D eigenvalue weighted by Crippen LogP contribution is -2.53. The quantitative estimate of drug-likeness (QED) is 0.860. The van der Waals surface area contributed by atoms with Crippen LogP contribution < -0.4 is 4.72 Å². The van der Waals surface area contributed by atoms with Crippen LogP contribution in [0.2, 0.25) is 0 Å². The molecular formula is C14H24N2O3S. The van der Waals surface area contributed by atoms with Gasteiger partial charge in [0, 0.05) is 13.2 Å². The number of sulfonamides is 1. The molecule has 0 bridgehead atoms. The SMILES string of the molecule is CCC1CCC(C#N)(NS(=O)(=O)C2CCOCC2)CC1. The molecule has 1 saturated heterocycles. The van der Waals surface area contributed by atoms with Gasteiger partial charge in [-0.05, 0) is 44.4 Å². The first-order valence-electron chi connectivity index (χ1n) is 7.53. The Morgan fingerprint density at radius 3 is 2.35 bits per heavy atom. The van der Waals surface area contributed by atoms with Gasteiger partial charge in [0.15, 0.2) is 0 Å². The summed E-state index contributed by atoms with van der Waals surface area (Å²) in [6, 6.07) is 2.24. The molecule has 0 unspecified atom stereocenters. The van der Waals surface area contributed by atoms with E-state index in [0.717, 1.165) is 19.3 Å². The molecule has 2 fully saturated rings. The van der Waals surface area contributed by atoms with Crippen molar-refractivity contribution in [1.82, 2.24) is 4.72 Å². The predicted octanol–water partition coefficient (Wildman–Crippen LogP) is 1.95. The molecule has 0 aromatic rings. The first-order chi connectivity index (χ1) is 9.51. The van der Waals surface area contributed by atoms with E-state index in [2.05, 4.69) is 17.7 Å². The highest BCUT2D eigenvalue weighted by Gasteiger charge is 2.41. The highest BCUT2D eigenvalue weighted by atomic mass is 32.2. The topological polar surface area (TPSA) is 79.2 Å². The van der Waals surface area contributed by atoms with Gasteiger partial charge in [-0.3, -0.25) is 0 Å². The Hall–Kier alpha value is -0.640. The Morgan fingerprint density at radius 2 is 1.85 bits per heavy atom. The number of nitrogens with zero attached hydrogens (tertiary/aromatic N) is 1. The van der Waals surface area contributed by atoms with Crippen LogP contribution in [0.25, 0.3) is 0 Å². The fraction of sp³-hybridized carbons (Fsp3) is 0.929. The monoisotopic (exact) mass is 300 g/mol. The Kier molecular flexibility index (Phi) is 5.05. The highest BCUT2D eigenvalue weighted by Crippen LogP contribution is 2.34. The average molecular weight is 300 g/mol. The van der Waals surface area contributed by atoms with Gasteiger partial charge in [-0.25, -0.2) is 8.42 Å². The fourth-order valence-corrected chi connectivity index (χ4v) is 4.93. The van der Waals surface area contributed by atoms with E-state index in [1.165, 1.54) is 0 Å². The summed E-state index contributed by atoms with van der Waals surface area (Å²) in [4.78, 5) is 0. The minimum absolute atomic E-state index is 0.412. The molecule has 0 radical (unpaired) electrons. The summed E-state index contributed by atoms with van der Waals surface area (Å²) in [6.07, 6.45) is 5.27. The third kappa shape index (κ3) is 3.51. The summed E-state index contributed by atoms with van der Waals surface area (Å²) < 4.78 is 32.8. The molecule has 1 heterocycles. The van der Waals surface area contributed by atoms with Gasteiger partial charge in [-0.2, -0.15) is 9.98 Å². The van der Waals surface area contributed by atoms with Crippen molar-refractivity contribution < 1.29 is 13.2 Å². The number of hydrogen-bond acceptors (Lipinski definition) is 4. The van der Waals surface area contributed by atoms with Gasteiger partial charge in [0.25, 0.3) is 0 Å². The lowest BCUT2D eigenvalue weighted by Gasteiger charge is -2.36. The zero-order valence-electron chi connectivity index (χ0n) is 12.1. The minimum Gasteiger partial charge on any atom is -0.381 e. The average Bonchev–Trinajstić information content (AvgIpc) is 2.48. The zero-order valence-corrected chi connectivity index (χ0v) is 12.9. The molecule has 0 aromatic heterocycles. The van der Waals surface area contributed by atoms with Gasteiger partial charge in [0.1, 0.15) is 5.54 Å². The molecule has 0 atom stereocenters. The number of nitrogens with one attached hydrogen (secondary N) is 1. The van der Waals surface area contributed by atoms with Crippen LogP contribution in [-0.2, 0) is 14.8 Å². The van der Waals surface area contributed by atoms with Gasteiger partial charge in [0.2, 0.25) is 10.0 Å². The number of rotatable bonds is 4. The molecular weight excluding hydrogens is 276 g/mol. The lowest BCUT2D eigenvalue weighted by molar-refractivity contribution is 0.0978. The van der Waals surface area contributed by atoms with E-state index in [4.69, 9.17) is 4.74 Å². The second-order valence-electron chi connectivity index (χ2n) is 6.00. The summed E-state index contributed by atoms with van der Waals surface area (Å²) in [5, 5.41) is 9.05. The molecule has 6 heteroatoms. The molecule has 1 aliphatic carbocycles. The Morgan fingerprint density at radius 1 is 1.25 bits per heavy atom. The first-order valence-corrected chi connectivity index (χ1v) is 9.08. The predicted molar refractivity (Wildman–Crippen MR) is 76.5 cm³/mol. The van der Waals surface area contributed by atoms with Crippen molar-refractivity contribution in [1.29, 1.82) is 5.26 Å².